The van der Waals surface area contributed by atoms with Gasteiger partial charge in [0.1, 0.15) is 5.70 Å². The van der Waals surface area contributed by atoms with Crippen LogP contribution in [0.3, 0.4) is 0 Å². The average molecular weight is 103 g/mol. The first kappa shape index (κ1) is 6.62. The first-order chi connectivity index (χ1) is 3.18. The minimum atomic E-state index is -0.845. The zero-order valence-corrected chi connectivity index (χ0v) is 4.43. The molecule has 0 aliphatic carbocycles. The van der Waals surface area contributed by atoms with Gasteiger partial charge in [-0.15, -0.1) is 0 Å². The molecule has 0 amide bonds. The highest BCUT2D eigenvalue weighted by Crippen LogP contribution is 1.72. The second kappa shape index (κ2) is 2.74. The first-order valence-electron chi connectivity index (χ1n) is 2.04. The molecule has 0 saturated heterocycles. The lowest BCUT2D eigenvalue weighted by Crippen LogP contribution is -3.02. The molecular formula is C4H9NO2. The average Bonchev–Trinajstić information content (AvgIpc) is 1.65. The second-order valence-electron chi connectivity index (χ2n) is 1.28. The summed E-state index contributed by atoms with van der Waals surface area (Å²) in [5.74, 6) is 0. The van der Waals surface area contributed by atoms with E-state index in [4.69, 9.17) is 5.21 Å². The van der Waals surface area contributed by atoms with E-state index in [1.165, 1.54) is 0 Å². The van der Waals surface area contributed by atoms with Crippen LogP contribution in [0.2, 0.25) is 0 Å². The van der Waals surface area contributed by atoms with Crippen molar-refractivity contribution in [2.45, 2.75) is 13.8 Å². The zero-order chi connectivity index (χ0) is 5.86. The predicted octanol–water partition coefficient (Wildman–Crippen LogP) is -0.318. The largest absolute Gasteiger partial charge is 0.595 e. The van der Waals surface area contributed by atoms with Gasteiger partial charge >= 0.3 is 0 Å². The molecule has 0 spiro atoms. The molecule has 0 aromatic rings. The van der Waals surface area contributed by atoms with Crippen molar-refractivity contribution in [1.82, 2.24) is 0 Å². The molecule has 0 aromatic carbocycles. The van der Waals surface area contributed by atoms with E-state index in [9.17, 15) is 5.21 Å². The van der Waals surface area contributed by atoms with Crippen molar-refractivity contribution >= 4 is 0 Å². The van der Waals surface area contributed by atoms with Crippen LogP contribution in [-0.2, 0) is 0 Å². The number of hydrogen-bond acceptors (Lipinski definition) is 2. The van der Waals surface area contributed by atoms with Gasteiger partial charge < -0.3 is 5.21 Å². The van der Waals surface area contributed by atoms with Gasteiger partial charge in [0.05, 0.1) is 0 Å². The molecule has 7 heavy (non-hydrogen) atoms. The van der Waals surface area contributed by atoms with Crippen LogP contribution < -0.4 is 5.23 Å². The van der Waals surface area contributed by atoms with Crippen molar-refractivity contribution < 1.29 is 10.4 Å². The van der Waals surface area contributed by atoms with Gasteiger partial charge in [0.25, 0.3) is 0 Å². The zero-order valence-electron chi connectivity index (χ0n) is 4.43. The van der Waals surface area contributed by atoms with Crippen molar-refractivity contribution in [3.63, 3.8) is 0 Å². The summed E-state index contributed by atoms with van der Waals surface area (Å²) in [6.45, 7) is 3.26. The molecule has 0 rings (SSSR count). The van der Waals surface area contributed by atoms with Gasteiger partial charge in [0.15, 0.2) is 0 Å². The van der Waals surface area contributed by atoms with Gasteiger partial charge in [-0.05, 0) is 13.0 Å². The number of nitrogens with one attached hydrogen (secondary N) is 1. The minimum Gasteiger partial charge on any atom is -0.595 e. The van der Waals surface area contributed by atoms with Gasteiger partial charge in [-0.25, -0.2) is 5.21 Å². The summed E-state index contributed by atoms with van der Waals surface area (Å²) in [4.78, 5) is 0. The first-order valence-corrected chi connectivity index (χ1v) is 2.04. The molecular weight excluding hydrogens is 94.0 g/mol. The highest BCUT2D eigenvalue weighted by atomic mass is 16.8. The molecule has 3 heteroatoms. The molecule has 0 heterocycles. The molecule has 0 bridgehead atoms. The van der Waals surface area contributed by atoms with Crippen LogP contribution in [0.15, 0.2) is 11.8 Å². The fourth-order valence-corrected chi connectivity index (χ4v) is 0.123. The number of allylic oxidation sites excluding steroid dienone is 2. The molecule has 0 aliphatic rings. The van der Waals surface area contributed by atoms with Crippen LogP contribution in [0.4, 0.5) is 0 Å². The van der Waals surface area contributed by atoms with E-state index in [1.807, 2.05) is 0 Å². The van der Waals surface area contributed by atoms with Crippen molar-refractivity contribution in [2.24, 2.45) is 0 Å². The second-order valence-corrected chi connectivity index (χ2v) is 1.28. The molecule has 2 N–H and O–H groups in total. The number of hydrogen-bond donors (Lipinski definition) is 2. The van der Waals surface area contributed by atoms with Crippen molar-refractivity contribution in [3.8, 4) is 0 Å². The fraction of sp³-hybridized carbons (Fsp3) is 0.500. The molecule has 42 valence electrons. The molecule has 3 nitrogen and oxygen atoms in total. The van der Waals surface area contributed by atoms with Gasteiger partial charge in [0.2, 0.25) is 0 Å². The van der Waals surface area contributed by atoms with Crippen molar-refractivity contribution in [1.29, 1.82) is 0 Å². The third-order valence-corrected chi connectivity index (χ3v) is 0.770. The molecule has 0 aliphatic heterocycles. The molecule has 1 atom stereocenters. The Labute approximate surface area is 42.4 Å². The predicted molar refractivity (Wildman–Crippen MR) is 25.5 cm³/mol. The standard InChI is InChI=1S/C4H9NO2/c1-3-4(2)5(6)7/h3,5-6H,1-2H3/b4-3-. The maximum Gasteiger partial charge on any atom is 0.132 e. The Morgan fingerprint density at radius 2 is 2.29 bits per heavy atom. The Balaban J connectivity index is 3.56. The van der Waals surface area contributed by atoms with Crippen molar-refractivity contribution in [2.75, 3.05) is 0 Å². The number of quaternary nitrogens is 1. The Bertz CT molecular complexity index is 77.8. The number of hydroxylamine groups is 2. The van der Waals surface area contributed by atoms with Gasteiger partial charge in [-0.3, -0.25) is 0 Å². The summed E-state index contributed by atoms with van der Waals surface area (Å²) in [7, 11) is 0. The summed E-state index contributed by atoms with van der Waals surface area (Å²) < 4.78 is 0. The Hall–Kier alpha value is -0.380. The summed E-state index contributed by atoms with van der Waals surface area (Å²) in [5, 5.41) is 17.1. The Kier molecular flexibility index (Phi) is 2.59. The smallest absolute Gasteiger partial charge is 0.132 e. The third kappa shape index (κ3) is 2.33. The highest BCUT2D eigenvalue weighted by Gasteiger charge is 1.88. The van der Waals surface area contributed by atoms with Crippen LogP contribution in [0, 0.1) is 5.21 Å². The van der Waals surface area contributed by atoms with E-state index in [0.717, 1.165) is 0 Å². The van der Waals surface area contributed by atoms with E-state index in [-0.39, 0.29) is 0 Å². The lowest BCUT2D eigenvalue weighted by molar-refractivity contribution is -1.01. The topological polar surface area (TPSA) is 47.7 Å². The van der Waals surface area contributed by atoms with Crippen LogP contribution in [0.1, 0.15) is 13.8 Å². The normalized spacial score (nSPS) is 16.9. The van der Waals surface area contributed by atoms with E-state index in [2.05, 4.69) is 0 Å². The Morgan fingerprint density at radius 1 is 1.86 bits per heavy atom. The highest BCUT2D eigenvalue weighted by molar-refractivity contribution is 4.80. The van der Waals surface area contributed by atoms with E-state index >= 15 is 0 Å². The molecule has 1 unspecified atom stereocenters. The van der Waals surface area contributed by atoms with Crippen LogP contribution in [0.25, 0.3) is 0 Å². The summed E-state index contributed by atoms with van der Waals surface area (Å²) in [6, 6.07) is 0. The van der Waals surface area contributed by atoms with E-state index in [1.54, 1.807) is 19.9 Å². The fourth-order valence-electron chi connectivity index (χ4n) is 0.123. The lowest BCUT2D eigenvalue weighted by atomic mass is 10.5. The molecule has 0 aromatic heterocycles. The quantitative estimate of drug-likeness (QED) is 0.447. The summed E-state index contributed by atoms with van der Waals surface area (Å²) in [5.41, 5.74) is 0.389. The molecule has 0 radical (unpaired) electrons. The van der Waals surface area contributed by atoms with Crippen molar-refractivity contribution in [3.05, 3.63) is 17.0 Å². The minimum absolute atomic E-state index is 0.389. The summed E-state index contributed by atoms with van der Waals surface area (Å²) in [6.07, 6.45) is 1.56. The molecule has 0 fully saturated rings. The SMILES string of the molecule is C/C=C(/C)[NH+]([O-])O. The van der Waals surface area contributed by atoms with Crippen LogP contribution in [0.5, 0.6) is 0 Å². The summed E-state index contributed by atoms with van der Waals surface area (Å²) >= 11 is 0. The number of rotatable bonds is 1. The van der Waals surface area contributed by atoms with Gasteiger partial charge in [0, 0.05) is 6.92 Å². The maximum atomic E-state index is 9.86. The van der Waals surface area contributed by atoms with Gasteiger partial charge in [-0.2, -0.15) is 5.23 Å². The third-order valence-electron chi connectivity index (χ3n) is 0.770. The Morgan fingerprint density at radius 3 is 2.29 bits per heavy atom. The maximum absolute atomic E-state index is 9.86. The van der Waals surface area contributed by atoms with Crippen LogP contribution in [-0.4, -0.2) is 5.21 Å². The van der Waals surface area contributed by atoms with Crippen LogP contribution >= 0.6 is 0 Å². The van der Waals surface area contributed by atoms with Gasteiger partial charge in [-0.1, -0.05) is 0 Å². The van der Waals surface area contributed by atoms with E-state index in [0.29, 0.717) is 5.70 Å². The monoisotopic (exact) mass is 103 g/mol. The molecule has 0 saturated carbocycles. The lowest BCUT2D eigenvalue weighted by Gasteiger charge is -2.09. The van der Waals surface area contributed by atoms with E-state index < -0.39 is 5.23 Å².